The lowest BCUT2D eigenvalue weighted by Gasteiger charge is -2.08. The lowest BCUT2D eigenvalue weighted by atomic mass is 10.0. The molecule has 1 aromatic carbocycles. The van der Waals surface area contributed by atoms with Gasteiger partial charge in [-0.1, -0.05) is 29.8 Å². The van der Waals surface area contributed by atoms with Crippen molar-refractivity contribution < 1.29 is 5.11 Å². The zero-order valence-corrected chi connectivity index (χ0v) is 7.33. The van der Waals surface area contributed by atoms with Crippen molar-refractivity contribution in [3.63, 3.8) is 0 Å². The topological polar surface area (TPSA) is 20.2 Å². The van der Waals surface area contributed by atoms with Crippen molar-refractivity contribution in [1.82, 2.24) is 0 Å². The molecule has 1 aliphatic carbocycles. The lowest BCUT2D eigenvalue weighted by Crippen LogP contribution is -1.98. The van der Waals surface area contributed by atoms with E-state index in [4.69, 9.17) is 0 Å². The fourth-order valence-electron chi connectivity index (χ4n) is 1.45. The summed E-state index contributed by atoms with van der Waals surface area (Å²) < 4.78 is 0. The molecule has 0 radical (unpaired) electrons. The van der Waals surface area contributed by atoms with Gasteiger partial charge in [0.2, 0.25) is 0 Å². The molecule has 1 heteroatoms. The third-order valence-electron chi connectivity index (χ3n) is 2.49. The van der Waals surface area contributed by atoms with Crippen molar-refractivity contribution in [3.05, 3.63) is 35.4 Å². The summed E-state index contributed by atoms with van der Waals surface area (Å²) in [6, 6.07) is 8.17. The van der Waals surface area contributed by atoms with Crippen molar-refractivity contribution >= 4 is 0 Å². The number of aliphatic hydroxyl groups is 1. The molecule has 64 valence electrons. The number of hydrogen-bond acceptors (Lipinski definition) is 1. The third-order valence-corrected chi connectivity index (χ3v) is 2.49. The molecule has 12 heavy (non-hydrogen) atoms. The second kappa shape index (κ2) is 2.91. The van der Waals surface area contributed by atoms with Crippen molar-refractivity contribution in [3.8, 4) is 0 Å². The van der Waals surface area contributed by atoms with Gasteiger partial charge in [-0.05, 0) is 31.2 Å². The Balaban J connectivity index is 2.16. The molecule has 1 aromatic rings. The van der Waals surface area contributed by atoms with Crippen LogP contribution in [0.3, 0.4) is 0 Å². The fraction of sp³-hybridized carbons (Fsp3) is 0.455. The van der Waals surface area contributed by atoms with Crippen LogP contribution in [-0.4, -0.2) is 5.11 Å². The Morgan fingerprint density at radius 1 is 1.25 bits per heavy atom. The highest BCUT2D eigenvalue weighted by Gasteiger charge is 2.30. The predicted octanol–water partition coefficient (Wildman–Crippen LogP) is 2.44. The van der Waals surface area contributed by atoms with Crippen LogP contribution in [0.1, 0.15) is 30.1 Å². The van der Waals surface area contributed by atoms with Gasteiger partial charge in [0.25, 0.3) is 0 Å². The van der Waals surface area contributed by atoms with Crippen LogP contribution in [0.5, 0.6) is 0 Å². The van der Waals surface area contributed by atoms with Gasteiger partial charge in [-0.2, -0.15) is 0 Å². The number of aliphatic hydroxyl groups excluding tert-OH is 1. The van der Waals surface area contributed by atoms with E-state index in [2.05, 4.69) is 19.1 Å². The standard InChI is InChI=1S/C11H14O/c1-8-2-4-9(5-3-8)11(12)10-6-7-10/h2-5,10-12H,6-7H2,1H3/t11-/m1/s1. The molecule has 1 saturated carbocycles. The van der Waals surface area contributed by atoms with Crippen LogP contribution in [0.25, 0.3) is 0 Å². The van der Waals surface area contributed by atoms with Gasteiger partial charge in [0.15, 0.2) is 0 Å². The number of benzene rings is 1. The van der Waals surface area contributed by atoms with Crippen molar-refractivity contribution in [2.45, 2.75) is 25.9 Å². The van der Waals surface area contributed by atoms with Gasteiger partial charge in [0, 0.05) is 0 Å². The maximum absolute atomic E-state index is 9.75. The van der Waals surface area contributed by atoms with E-state index in [1.807, 2.05) is 12.1 Å². The number of hydrogen-bond donors (Lipinski definition) is 1. The van der Waals surface area contributed by atoms with Crippen LogP contribution in [0.2, 0.25) is 0 Å². The minimum atomic E-state index is -0.217. The summed E-state index contributed by atoms with van der Waals surface area (Å²) in [7, 11) is 0. The molecule has 1 N–H and O–H groups in total. The zero-order chi connectivity index (χ0) is 8.55. The van der Waals surface area contributed by atoms with Gasteiger partial charge >= 0.3 is 0 Å². The van der Waals surface area contributed by atoms with Crippen LogP contribution in [0.15, 0.2) is 24.3 Å². The molecular weight excluding hydrogens is 148 g/mol. The monoisotopic (exact) mass is 162 g/mol. The van der Waals surface area contributed by atoms with Crippen LogP contribution < -0.4 is 0 Å². The molecule has 0 amide bonds. The molecule has 1 nitrogen and oxygen atoms in total. The van der Waals surface area contributed by atoms with Crippen molar-refractivity contribution in [1.29, 1.82) is 0 Å². The molecule has 0 aliphatic heterocycles. The second-order valence-electron chi connectivity index (χ2n) is 3.69. The highest BCUT2D eigenvalue weighted by molar-refractivity contribution is 5.24. The summed E-state index contributed by atoms with van der Waals surface area (Å²) in [5, 5.41) is 9.75. The molecule has 1 aliphatic rings. The van der Waals surface area contributed by atoms with Gasteiger partial charge in [0.1, 0.15) is 0 Å². The maximum Gasteiger partial charge on any atom is 0.0818 e. The number of aryl methyl sites for hydroxylation is 1. The summed E-state index contributed by atoms with van der Waals surface area (Å²) >= 11 is 0. The minimum absolute atomic E-state index is 0.217. The average Bonchev–Trinajstić information content (AvgIpc) is 2.87. The SMILES string of the molecule is Cc1ccc([C@@H](O)C2CC2)cc1. The summed E-state index contributed by atoms with van der Waals surface area (Å²) in [5.41, 5.74) is 2.32. The Labute approximate surface area is 73.0 Å². The van der Waals surface area contributed by atoms with E-state index in [-0.39, 0.29) is 6.10 Å². The molecular formula is C11H14O. The van der Waals surface area contributed by atoms with E-state index in [9.17, 15) is 5.11 Å². The molecule has 1 fully saturated rings. The fourth-order valence-corrected chi connectivity index (χ4v) is 1.45. The highest BCUT2D eigenvalue weighted by atomic mass is 16.3. The van der Waals surface area contributed by atoms with Gasteiger partial charge in [-0.15, -0.1) is 0 Å². The second-order valence-corrected chi connectivity index (χ2v) is 3.69. The Bertz CT molecular complexity index is 259. The largest absolute Gasteiger partial charge is 0.388 e. The number of rotatable bonds is 2. The van der Waals surface area contributed by atoms with Gasteiger partial charge in [-0.3, -0.25) is 0 Å². The quantitative estimate of drug-likeness (QED) is 0.708. The molecule has 0 unspecified atom stereocenters. The summed E-state index contributed by atoms with van der Waals surface area (Å²) in [6.07, 6.45) is 2.16. The molecule has 2 rings (SSSR count). The first-order valence-electron chi connectivity index (χ1n) is 4.52. The first-order valence-corrected chi connectivity index (χ1v) is 4.52. The van der Waals surface area contributed by atoms with E-state index in [1.54, 1.807) is 0 Å². The van der Waals surface area contributed by atoms with Crippen LogP contribution in [0, 0.1) is 12.8 Å². The van der Waals surface area contributed by atoms with Crippen LogP contribution in [0.4, 0.5) is 0 Å². The van der Waals surface area contributed by atoms with Gasteiger partial charge in [-0.25, -0.2) is 0 Å². The van der Waals surface area contributed by atoms with Gasteiger partial charge < -0.3 is 5.11 Å². The van der Waals surface area contributed by atoms with Crippen LogP contribution >= 0.6 is 0 Å². The van der Waals surface area contributed by atoms with E-state index >= 15 is 0 Å². The molecule has 0 saturated heterocycles. The molecule has 0 spiro atoms. The molecule has 1 atom stereocenters. The maximum atomic E-state index is 9.75. The van der Waals surface area contributed by atoms with Gasteiger partial charge in [0.05, 0.1) is 6.10 Å². The molecule has 0 heterocycles. The summed E-state index contributed by atoms with van der Waals surface area (Å²) in [5.74, 6) is 0.535. The Kier molecular flexibility index (Phi) is 1.89. The average molecular weight is 162 g/mol. The third kappa shape index (κ3) is 1.51. The van der Waals surface area contributed by atoms with Crippen molar-refractivity contribution in [2.75, 3.05) is 0 Å². The normalized spacial score (nSPS) is 19.2. The Hall–Kier alpha value is -0.820. The Morgan fingerprint density at radius 2 is 1.83 bits per heavy atom. The Morgan fingerprint density at radius 3 is 2.33 bits per heavy atom. The zero-order valence-electron chi connectivity index (χ0n) is 7.33. The van der Waals surface area contributed by atoms with E-state index in [1.165, 1.54) is 18.4 Å². The first-order chi connectivity index (χ1) is 5.77. The van der Waals surface area contributed by atoms with E-state index in [0.717, 1.165) is 5.56 Å². The predicted molar refractivity (Wildman–Crippen MR) is 48.9 cm³/mol. The van der Waals surface area contributed by atoms with E-state index in [0.29, 0.717) is 5.92 Å². The molecule has 0 aromatic heterocycles. The smallest absolute Gasteiger partial charge is 0.0818 e. The lowest BCUT2D eigenvalue weighted by molar-refractivity contribution is 0.154. The summed E-state index contributed by atoms with van der Waals surface area (Å²) in [6.45, 7) is 2.06. The van der Waals surface area contributed by atoms with E-state index < -0.39 is 0 Å². The first kappa shape index (κ1) is 7.81. The minimum Gasteiger partial charge on any atom is -0.388 e. The van der Waals surface area contributed by atoms with Crippen molar-refractivity contribution in [2.24, 2.45) is 5.92 Å². The van der Waals surface area contributed by atoms with Crippen LogP contribution in [-0.2, 0) is 0 Å². The summed E-state index contributed by atoms with van der Waals surface area (Å²) in [4.78, 5) is 0. The highest BCUT2D eigenvalue weighted by Crippen LogP contribution is 2.40. The molecule has 0 bridgehead atoms.